The number of amidine groups is 1. The lowest BCUT2D eigenvalue weighted by molar-refractivity contribution is 0.0917. The van der Waals surface area contributed by atoms with Crippen LogP contribution in [0.4, 0.5) is 0 Å². The molecule has 0 bridgehead atoms. The van der Waals surface area contributed by atoms with Crippen LogP contribution in [0.1, 0.15) is 47.3 Å². The van der Waals surface area contributed by atoms with Crippen LogP contribution in [0.15, 0.2) is 53.9 Å². The first-order valence-corrected chi connectivity index (χ1v) is 11.9. The number of rotatable bonds is 5. The van der Waals surface area contributed by atoms with E-state index in [2.05, 4.69) is 39.5 Å². The minimum Gasteiger partial charge on any atom is -0.384 e. The van der Waals surface area contributed by atoms with Crippen LogP contribution in [-0.4, -0.2) is 28.4 Å². The Morgan fingerprint density at radius 1 is 1.09 bits per heavy atom. The van der Waals surface area contributed by atoms with Crippen molar-refractivity contribution in [1.29, 1.82) is 5.41 Å². The summed E-state index contributed by atoms with van der Waals surface area (Å²) >= 11 is 1.71. The van der Waals surface area contributed by atoms with Crippen molar-refractivity contribution in [3.8, 4) is 0 Å². The predicted molar refractivity (Wildman–Crippen MR) is 132 cm³/mol. The second-order valence-electron chi connectivity index (χ2n) is 8.64. The van der Waals surface area contributed by atoms with Crippen molar-refractivity contribution >= 4 is 44.1 Å². The fourth-order valence-electron chi connectivity index (χ4n) is 4.65. The molecule has 32 heavy (non-hydrogen) atoms. The molecule has 0 spiro atoms. The van der Waals surface area contributed by atoms with Crippen molar-refractivity contribution in [2.24, 2.45) is 11.5 Å². The summed E-state index contributed by atoms with van der Waals surface area (Å²) in [6, 6.07) is 16.4. The highest BCUT2D eigenvalue weighted by atomic mass is 32.1. The van der Waals surface area contributed by atoms with Crippen LogP contribution < -0.4 is 16.8 Å². The summed E-state index contributed by atoms with van der Waals surface area (Å²) in [5.41, 5.74) is 15.1. The van der Waals surface area contributed by atoms with Gasteiger partial charge in [0.25, 0.3) is 5.91 Å². The van der Waals surface area contributed by atoms with Crippen LogP contribution in [0, 0.1) is 5.41 Å². The van der Waals surface area contributed by atoms with Crippen LogP contribution in [-0.2, 0) is 6.54 Å². The van der Waals surface area contributed by atoms with Crippen LogP contribution in [0.25, 0.3) is 21.0 Å². The summed E-state index contributed by atoms with van der Waals surface area (Å²) in [6.45, 7) is 0.570. The quantitative estimate of drug-likeness (QED) is 0.273. The van der Waals surface area contributed by atoms with Crippen LogP contribution in [0.3, 0.4) is 0 Å². The minimum atomic E-state index is -0.0654. The SMILES string of the molecule is N=C(N)c1ccc2cc(C(=O)N[C@H]3CC[C@H](N)CC3)n(Cc3cccc4ccsc34)c2c1. The molecule has 0 aliphatic heterocycles. The molecule has 1 fully saturated rings. The Balaban J connectivity index is 1.56. The molecule has 164 valence electrons. The maximum atomic E-state index is 13.4. The van der Waals surface area contributed by atoms with E-state index in [1.165, 1.54) is 15.6 Å². The van der Waals surface area contributed by atoms with E-state index in [4.69, 9.17) is 16.9 Å². The van der Waals surface area contributed by atoms with E-state index in [1.54, 1.807) is 11.3 Å². The summed E-state index contributed by atoms with van der Waals surface area (Å²) < 4.78 is 3.28. The van der Waals surface area contributed by atoms with Gasteiger partial charge in [0, 0.05) is 39.8 Å². The molecule has 5 rings (SSSR count). The lowest BCUT2D eigenvalue weighted by Crippen LogP contribution is -2.41. The average Bonchev–Trinajstić information content (AvgIpc) is 3.40. The van der Waals surface area contributed by atoms with Gasteiger partial charge in [-0.2, -0.15) is 0 Å². The molecule has 1 saturated carbocycles. The number of nitrogens with two attached hydrogens (primary N) is 2. The van der Waals surface area contributed by atoms with Gasteiger partial charge in [-0.3, -0.25) is 10.2 Å². The number of carbonyl (C=O) groups is 1. The molecule has 2 aromatic heterocycles. The third kappa shape index (κ3) is 3.89. The van der Waals surface area contributed by atoms with E-state index in [0.717, 1.165) is 36.6 Å². The Morgan fingerprint density at radius 2 is 1.91 bits per heavy atom. The molecule has 6 N–H and O–H groups in total. The molecule has 1 amide bonds. The van der Waals surface area contributed by atoms with Gasteiger partial charge in [-0.15, -0.1) is 11.3 Å². The molecule has 2 aromatic carbocycles. The first-order valence-electron chi connectivity index (χ1n) is 11.0. The van der Waals surface area contributed by atoms with E-state index in [-0.39, 0.29) is 23.8 Å². The van der Waals surface area contributed by atoms with E-state index in [1.807, 2.05) is 24.3 Å². The van der Waals surface area contributed by atoms with Gasteiger partial charge in [0.2, 0.25) is 0 Å². The largest absolute Gasteiger partial charge is 0.384 e. The first kappa shape index (κ1) is 20.7. The Labute approximate surface area is 190 Å². The smallest absolute Gasteiger partial charge is 0.268 e. The minimum absolute atomic E-state index is 0.0181. The molecule has 4 aromatic rings. The van der Waals surface area contributed by atoms with Gasteiger partial charge in [0.1, 0.15) is 11.5 Å². The van der Waals surface area contributed by atoms with Gasteiger partial charge >= 0.3 is 0 Å². The zero-order chi connectivity index (χ0) is 22.2. The van der Waals surface area contributed by atoms with Crippen molar-refractivity contribution in [3.05, 3.63) is 70.7 Å². The number of benzene rings is 2. The number of thiophene rings is 1. The van der Waals surface area contributed by atoms with E-state index in [9.17, 15) is 4.79 Å². The van der Waals surface area contributed by atoms with Gasteiger partial charge in [-0.25, -0.2) is 0 Å². The molecule has 1 aliphatic rings. The van der Waals surface area contributed by atoms with E-state index >= 15 is 0 Å². The number of fused-ring (bicyclic) bond motifs is 2. The second kappa shape index (κ2) is 8.41. The van der Waals surface area contributed by atoms with E-state index < -0.39 is 0 Å². The fourth-order valence-corrected chi connectivity index (χ4v) is 5.56. The highest BCUT2D eigenvalue weighted by Crippen LogP contribution is 2.29. The summed E-state index contributed by atoms with van der Waals surface area (Å²) in [5, 5.41) is 15.3. The number of hydrogen-bond acceptors (Lipinski definition) is 4. The molecule has 0 saturated heterocycles. The van der Waals surface area contributed by atoms with Gasteiger partial charge < -0.3 is 21.4 Å². The number of aromatic nitrogens is 1. The molecular weight excluding hydrogens is 418 g/mol. The van der Waals surface area contributed by atoms with Gasteiger partial charge in [0.15, 0.2) is 0 Å². The summed E-state index contributed by atoms with van der Waals surface area (Å²) in [7, 11) is 0. The van der Waals surface area contributed by atoms with Crippen LogP contribution in [0.5, 0.6) is 0 Å². The lowest BCUT2D eigenvalue weighted by Gasteiger charge is -2.27. The molecule has 0 unspecified atom stereocenters. The molecule has 0 radical (unpaired) electrons. The number of hydrogen-bond donors (Lipinski definition) is 4. The molecule has 2 heterocycles. The highest BCUT2D eigenvalue weighted by molar-refractivity contribution is 7.17. The average molecular weight is 446 g/mol. The zero-order valence-electron chi connectivity index (χ0n) is 17.8. The Morgan fingerprint density at radius 3 is 2.69 bits per heavy atom. The molecule has 7 heteroatoms. The van der Waals surface area contributed by atoms with Crippen molar-refractivity contribution in [1.82, 2.24) is 9.88 Å². The Hall–Kier alpha value is -3.16. The monoisotopic (exact) mass is 445 g/mol. The number of amides is 1. The second-order valence-corrected chi connectivity index (χ2v) is 9.56. The van der Waals surface area contributed by atoms with Crippen molar-refractivity contribution in [2.75, 3.05) is 0 Å². The Kier molecular flexibility index (Phi) is 5.45. The molecule has 6 nitrogen and oxygen atoms in total. The predicted octanol–water partition coefficient (Wildman–Crippen LogP) is 4.19. The number of nitrogens with zero attached hydrogens (tertiary/aromatic N) is 1. The van der Waals surface area contributed by atoms with Crippen molar-refractivity contribution < 1.29 is 4.79 Å². The third-order valence-corrected chi connectivity index (χ3v) is 7.45. The summed E-state index contributed by atoms with van der Waals surface area (Å²) in [6.07, 6.45) is 3.71. The summed E-state index contributed by atoms with van der Waals surface area (Å²) in [5.74, 6) is -0.0473. The summed E-state index contributed by atoms with van der Waals surface area (Å²) in [4.78, 5) is 13.4. The maximum absolute atomic E-state index is 13.4. The number of carbonyl (C=O) groups excluding carboxylic acids is 1. The van der Waals surface area contributed by atoms with E-state index in [0.29, 0.717) is 17.8 Å². The number of nitrogen functional groups attached to an aromatic ring is 1. The van der Waals surface area contributed by atoms with Crippen LogP contribution in [0.2, 0.25) is 0 Å². The topological polar surface area (TPSA) is 110 Å². The molecule has 0 atom stereocenters. The Bertz CT molecular complexity index is 1310. The van der Waals surface area contributed by atoms with Crippen molar-refractivity contribution in [3.63, 3.8) is 0 Å². The maximum Gasteiger partial charge on any atom is 0.268 e. The van der Waals surface area contributed by atoms with Crippen LogP contribution >= 0.6 is 11.3 Å². The standard InChI is InChI=1S/C25H27N5OS/c26-19-6-8-20(9-7-19)29-25(31)22-12-16-4-5-17(24(27)28)13-21(16)30(22)14-18-3-1-2-15-10-11-32-23(15)18/h1-5,10-13,19-20H,6-9,14,26H2,(H3,27,28)(H,29,31)/t19-,20-. The molecular formula is C25H27N5OS. The highest BCUT2D eigenvalue weighted by Gasteiger charge is 2.23. The first-order chi connectivity index (χ1) is 15.5. The number of nitrogens with one attached hydrogen (secondary N) is 2. The fraction of sp³-hybridized carbons (Fsp3) is 0.280. The lowest BCUT2D eigenvalue weighted by atomic mass is 9.92. The normalized spacial score (nSPS) is 18.8. The zero-order valence-corrected chi connectivity index (χ0v) is 18.6. The van der Waals surface area contributed by atoms with Gasteiger partial charge in [0.05, 0.1) is 0 Å². The molecule has 1 aliphatic carbocycles. The van der Waals surface area contributed by atoms with Gasteiger partial charge in [-0.05, 0) is 60.2 Å². The van der Waals surface area contributed by atoms with Crippen molar-refractivity contribution in [2.45, 2.75) is 44.3 Å². The van der Waals surface area contributed by atoms with Gasteiger partial charge in [-0.1, -0.05) is 30.3 Å². The third-order valence-electron chi connectivity index (χ3n) is 6.44.